The molecule has 0 bridgehead atoms. The van der Waals surface area contributed by atoms with Gasteiger partial charge in [0, 0.05) is 18.7 Å². The van der Waals surface area contributed by atoms with Crippen LogP contribution < -0.4 is 14.8 Å². The zero-order valence-corrected chi connectivity index (χ0v) is 12.3. The molecule has 0 saturated heterocycles. The molecule has 20 heavy (non-hydrogen) atoms. The van der Waals surface area contributed by atoms with Crippen molar-refractivity contribution in [1.82, 2.24) is 5.32 Å². The quantitative estimate of drug-likeness (QED) is 0.805. The average Bonchev–Trinajstić information content (AvgIpc) is 3.22. The second-order valence-electron chi connectivity index (χ2n) is 4.99. The van der Waals surface area contributed by atoms with E-state index < -0.39 is 21.1 Å². The molecule has 2 rings (SSSR count). The molecule has 2 N–H and O–H groups in total. The lowest BCUT2D eigenvalue weighted by molar-refractivity contribution is 0.414. The first-order valence-electron chi connectivity index (χ1n) is 6.51. The van der Waals surface area contributed by atoms with E-state index in [1.54, 1.807) is 6.92 Å². The fraction of sp³-hybridized carbons (Fsp3) is 0.538. The molecular formula is C13H19FN2O3S. The minimum atomic E-state index is -3.64. The van der Waals surface area contributed by atoms with Crippen LogP contribution in [-0.4, -0.2) is 33.4 Å². The van der Waals surface area contributed by atoms with E-state index in [1.807, 2.05) is 0 Å². The molecule has 0 amide bonds. The van der Waals surface area contributed by atoms with Crippen molar-refractivity contribution in [2.24, 2.45) is 0 Å². The summed E-state index contributed by atoms with van der Waals surface area (Å²) < 4.78 is 45.1. The van der Waals surface area contributed by atoms with Gasteiger partial charge in [0.1, 0.15) is 11.6 Å². The molecule has 1 atom stereocenters. The van der Waals surface area contributed by atoms with E-state index in [2.05, 4.69) is 10.0 Å². The second-order valence-corrected chi connectivity index (χ2v) is 7.08. The Labute approximate surface area is 118 Å². The van der Waals surface area contributed by atoms with E-state index in [4.69, 9.17) is 4.74 Å². The summed E-state index contributed by atoms with van der Waals surface area (Å²) in [4.78, 5) is 0. The summed E-state index contributed by atoms with van der Waals surface area (Å²) in [7, 11) is -2.20. The van der Waals surface area contributed by atoms with E-state index >= 15 is 0 Å². The molecule has 1 unspecified atom stereocenters. The van der Waals surface area contributed by atoms with E-state index in [9.17, 15) is 12.8 Å². The molecule has 1 aliphatic carbocycles. The summed E-state index contributed by atoms with van der Waals surface area (Å²) in [5.41, 5.74) is -0.0948. The fourth-order valence-corrected chi connectivity index (χ4v) is 2.67. The van der Waals surface area contributed by atoms with Crippen LogP contribution in [0.25, 0.3) is 0 Å². The van der Waals surface area contributed by atoms with Gasteiger partial charge in [-0.25, -0.2) is 12.8 Å². The van der Waals surface area contributed by atoms with Crippen molar-refractivity contribution in [1.29, 1.82) is 0 Å². The van der Waals surface area contributed by atoms with Gasteiger partial charge in [0.15, 0.2) is 0 Å². The number of hydrogen-bond acceptors (Lipinski definition) is 4. The first kappa shape index (κ1) is 15.1. The van der Waals surface area contributed by atoms with Crippen LogP contribution in [0.2, 0.25) is 0 Å². The van der Waals surface area contributed by atoms with Gasteiger partial charge in [-0.3, -0.25) is 4.72 Å². The maximum atomic E-state index is 13.6. The predicted octanol–water partition coefficient (Wildman–Crippen LogP) is 1.72. The molecular weight excluding hydrogens is 283 g/mol. The summed E-state index contributed by atoms with van der Waals surface area (Å²) in [5, 5.41) is 2.50. The Balaban J connectivity index is 2.06. The number of rotatable bonds is 7. The van der Waals surface area contributed by atoms with Gasteiger partial charge in [-0.2, -0.15) is 0 Å². The van der Waals surface area contributed by atoms with Crippen molar-refractivity contribution >= 4 is 15.7 Å². The van der Waals surface area contributed by atoms with Gasteiger partial charge in [-0.1, -0.05) is 0 Å². The van der Waals surface area contributed by atoms with Crippen LogP contribution in [0.15, 0.2) is 18.2 Å². The zero-order valence-electron chi connectivity index (χ0n) is 11.5. The third kappa shape index (κ3) is 3.83. The number of anilines is 1. The van der Waals surface area contributed by atoms with Crippen LogP contribution in [0.4, 0.5) is 10.1 Å². The molecule has 0 aromatic heterocycles. The Bertz CT molecular complexity index is 573. The van der Waals surface area contributed by atoms with Gasteiger partial charge in [-0.15, -0.1) is 0 Å². The number of methoxy groups -OCH3 is 1. The molecule has 0 spiro atoms. The molecule has 7 heteroatoms. The number of ether oxygens (including phenoxy) is 1. The maximum absolute atomic E-state index is 13.6. The molecule has 1 aromatic carbocycles. The molecule has 1 aromatic rings. The summed E-state index contributed by atoms with van der Waals surface area (Å²) in [6.07, 6.45) is 2.18. The SMILES string of the molecule is COc1ccc(F)c(NS(=O)(=O)C(C)CNC2CC2)c1. The van der Waals surface area contributed by atoms with Crippen LogP contribution in [0.1, 0.15) is 19.8 Å². The molecule has 1 saturated carbocycles. The molecule has 112 valence electrons. The highest BCUT2D eigenvalue weighted by Crippen LogP contribution is 2.23. The Morgan fingerprint density at radius 2 is 2.15 bits per heavy atom. The lowest BCUT2D eigenvalue weighted by Gasteiger charge is -2.16. The zero-order chi connectivity index (χ0) is 14.8. The standard InChI is InChI=1S/C13H19FN2O3S/c1-9(8-15-10-3-4-10)20(17,18)16-13-7-11(19-2)5-6-12(13)14/h5-7,9-10,15-16H,3-4,8H2,1-2H3. The maximum Gasteiger partial charge on any atom is 0.236 e. The summed E-state index contributed by atoms with van der Waals surface area (Å²) in [6, 6.07) is 4.37. The van der Waals surface area contributed by atoms with Gasteiger partial charge in [-0.05, 0) is 31.9 Å². The topological polar surface area (TPSA) is 67.4 Å². The van der Waals surface area contributed by atoms with Gasteiger partial charge in [0.2, 0.25) is 10.0 Å². The van der Waals surface area contributed by atoms with E-state index in [-0.39, 0.29) is 5.69 Å². The fourth-order valence-electron chi connectivity index (χ4n) is 1.69. The van der Waals surface area contributed by atoms with E-state index in [0.29, 0.717) is 18.3 Å². The van der Waals surface area contributed by atoms with E-state index in [1.165, 1.54) is 25.3 Å². The molecule has 0 aliphatic heterocycles. The highest BCUT2D eigenvalue weighted by molar-refractivity contribution is 7.93. The molecule has 0 heterocycles. The average molecular weight is 302 g/mol. The smallest absolute Gasteiger partial charge is 0.236 e. The van der Waals surface area contributed by atoms with Crippen LogP contribution in [0, 0.1) is 5.82 Å². The van der Waals surface area contributed by atoms with Crippen molar-refractivity contribution in [3.63, 3.8) is 0 Å². The molecule has 1 aliphatic rings. The second kappa shape index (κ2) is 5.97. The number of sulfonamides is 1. The third-order valence-corrected chi connectivity index (χ3v) is 4.96. The van der Waals surface area contributed by atoms with Crippen LogP contribution in [-0.2, 0) is 10.0 Å². The van der Waals surface area contributed by atoms with Gasteiger partial charge in [0.05, 0.1) is 18.0 Å². The van der Waals surface area contributed by atoms with Gasteiger partial charge >= 0.3 is 0 Å². The number of hydrogen-bond donors (Lipinski definition) is 2. The van der Waals surface area contributed by atoms with Crippen molar-refractivity contribution < 1.29 is 17.5 Å². The predicted molar refractivity (Wildman–Crippen MR) is 76.0 cm³/mol. The molecule has 5 nitrogen and oxygen atoms in total. The van der Waals surface area contributed by atoms with Crippen molar-refractivity contribution in [2.45, 2.75) is 31.1 Å². The largest absolute Gasteiger partial charge is 0.497 e. The van der Waals surface area contributed by atoms with Crippen molar-refractivity contribution in [3.8, 4) is 5.75 Å². The van der Waals surface area contributed by atoms with Crippen LogP contribution in [0.3, 0.4) is 0 Å². The number of nitrogens with one attached hydrogen (secondary N) is 2. The highest BCUT2D eigenvalue weighted by Gasteiger charge is 2.26. The van der Waals surface area contributed by atoms with Crippen molar-refractivity contribution in [3.05, 3.63) is 24.0 Å². The third-order valence-electron chi connectivity index (χ3n) is 3.23. The number of halogens is 1. The van der Waals surface area contributed by atoms with Crippen LogP contribution >= 0.6 is 0 Å². The lowest BCUT2D eigenvalue weighted by Crippen LogP contribution is -2.35. The number of benzene rings is 1. The lowest BCUT2D eigenvalue weighted by atomic mass is 10.3. The minimum Gasteiger partial charge on any atom is -0.497 e. The monoisotopic (exact) mass is 302 g/mol. The molecule has 0 radical (unpaired) electrons. The van der Waals surface area contributed by atoms with Gasteiger partial charge in [0.25, 0.3) is 0 Å². The highest BCUT2D eigenvalue weighted by atomic mass is 32.2. The summed E-state index contributed by atoms with van der Waals surface area (Å²) in [6.45, 7) is 1.95. The molecule has 1 fully saturated rings. The first-order valence-corrected chi connectivity index (χ1v) is 8.05. The normalized spacial score (nSPS) is 16.8. The Morgan fingerprint density at radius 3 is 2.75 bits per heavy atom. The van der Waals surface area contributed by atoms with Gasteiger partial charge < -0.3 is 10.1 Å². The Hall–Kier alpha value is -1.34. The summed E-state index contributed by atoms with van der Waals surface area (Å²) in [5.74, 6) is -0.232. The van der Waals surface area contributed by atoms with E-state index in [0.717, 1.165) is 12.8 Å². The first-order chi connectivity index (χ1) is 9.42. The van der Waals surface area contributed by atoms with Crippen molar-refractivity contribution in [2.75, 3.05) is 18.4 Å². The summed E-state index contributed by atoms with van der Waals surface area (Å²) >= 11 is 0. The van der Waals surface area contributed by atoms with Crippen LogP contribution in [0.5, 0.6) is 5.75 Å². The minimum absolute atomic E-state index is 0.0948. The Kier molecular flexibility index (Phi) is 4.49. The Morgan fingerprint density at radius 1 is 1.45 bits per heavy atom.